The zero-order valence-electron chi connectivity index (χ0n) is 19.0. The number of aromatic nitrogens is 4. The first kappa shape index (κ1) is 24.9. The highest BCUT2D eigenvalue weighted by molar-refractivity contribution is 7.99. The lowest BCUT2D eigenvalue weighted by atomic mass is 10.2. The molecule has 2 aromatic carbocycles. The highest BCUT2D eigenvalue weighted by atomic mass is 32.2. The van der Waals surface area contributed by atoms with E-state index in [0.717, 1.165) is 11.8 Å². The number of ether oxygens (including phenoxy) is 2. The minimum Gasteiger partial charge on any atom is -0.481 e. The van der Waals surface area contributed by atoms with Crippen molar-refractivity contribution in [3.8, 4) is 11.9 Å². The van der Waals surface area contributed by atoms with E-state index in [9.17, 15) is 18.0 Å². The van der Waals surface area contributed by atoms with Crippen molar-refractivity contribution in [1.29, 1.82) is 0 Å². The van der Waals surface area contributed by atoms with Gasteiger partial charge in [-0.1, -0.05) is 23.9 Å². The number of amides is 1. The Morgan fingerprint density at radius 2 is 1.78 bits per heavy atom. The third-order valence-electron chi connectivity index (χ3n) is 4.69. The maximum atomic E-state index is 12.7. The molecule has 2 aromatic heterocycles. The first-order chi connectivity index (χ1) is 17.3. The number of nitrogens with zero attached hydrogens (tertiary/aromatic N) is 3. The van der Waals surface area contributed by atoms with Gasteiger partial charge >= 0.3 is 6.01 Å². The lowest BCUT2D eigenvalue weighted by Crippen LogP contribution is -2.16. The molecular weight excluding hydrogens is 508 g/mol. The minimum absolute atomic E-state index is 0.0136. The van der Waals surface area contributed by atoms with E-state index in [0.29, 0.717) is 21.7 Å². The van der Waals surface area contributed by atoms with Gasteiger partial charge in [-0.2, -0.15) is 9.97 Å². The topological polar surface area (TPSA) is 165 Å². The fraction of sp³-hybridized carbons (Fsp3) is 0.136. The van der Waals surface area contributed by atoms with Crippen LogP contribution in [-0.2, 0) is 14.8 Å². The molecule has 0 saturated carbocycles. The van der Waals surface area contributed by atoms with Gasteiger partial charge in [0.2, 0.25) is 11.8 Å². The fourth-order valence-corrected chi connectivity index (χ4v) is 4.69. The Morgan fingerprint density at radius 1 is 1.03 bits per heavy atom. The molecule has 0 spiro atoms. The number of fused-ring (bicyclic) bond motifs is 1. The molecule has 0 aliphatic heterocycles. The number of H-pyrrole nitrogens is 1. The average molecular weight is 529 g/mol. The Labute approximate surface area is 209 Å². The smallest absolute Gasteiger partial charge is 0.321 e. The van der Waals surface area contributed by atoms with Crippen LogP contribution in [0.25, 0.3) is 10.9 Å². The molecule has 4 rings (SSSR count). The molecule has 0 bridgehead atoms. The molecule has 0 saturated heterocycles. The van der Waals surface area contributed by atoms with E-state index >= 15 is 0 Å². The van der Waals surface area contributed by atoms with E-state index in [1.807, 2.05) is 0 Å². The van der Waals surface area contributed by atoms with Crippen LogP contribution in [0.5, 0.6) is 11.9 Å². The number of rotatable bonds is 9. The highest BCUT2D eigenvalue weighted by Gasteiger charge is 2.17. The van der Waals surface area contributed by atoms with Gasteiger partial charge in [-0.25, -0.2) is 13.4 Å². The third-order valence-corrected chi connectivity index (χ3v) is 6.94. The van der Waals surface area contributed by atoms with Gasteiger partial charge in [0.05, 0.1) is 35.8 Å². The third kappa shape index (κ3) is 5.90. The molecular formula is C22H20N6O6S2. The molecule has 0 atom stereocenters. The minimum atomic E-state index is -3.99. The summed E-state index contributed by atoms with van der Waals surface area (Å²) in [7, 11) is -1.27. The summed E-state index contributed by atoms with van der Waals surface area (Å²) in [5.41, 5.74) is 0.645. The van der Waals surface area contributed by atoms with Gasteiger partial charge in [-0.05, 0) is 36.4 Å². The Bertz CT molecular complexity index is 1550. The van der Waals surface area contributed by atoms with Gasteiger partial charge in [0.25, 0.3) is 15.6 Å². The van der Waals surface area contributed by atoms with Crippen LogP contribution in [0.15, 0.2) is 69.4 Å². The number of nitrogens with one attached hydrogen (secondary N) is 3. The molecule has 1 amide bonds. The number of carbonyl (C=O) groups is 1. The molecule has 36 heavy (non-hydrogen) atoms. The van der Waals surface area contributed by atoms with Crippen LogP contribution < -0.4 is 25.1 Å². The molecule has 0 fully saturated rings. The molecule has 0 unspecified atom stereocenters. The number of carbonyl (C=O) groups excluding carboxylic acids is 1. The van der Waals surface area contributed by atoms with Crippen LogP contribution in [0.4, 0.5) is 11.5 Å². The number of benzene rings is 2. The van der Waals surface area contributed by atoms with Crippen molar-refractivity contribution in [3.05, 3.63) is 65.0 Å². The first-order valence-electron chi connectivity index (χ1n) is 10.3. The molecule has 0 aliphatic carbocycles. The van der Waals surface area contributed by atoms with Gasteiger partial charge in [-0.3, -0.25) is 14.3 Å². The summed E-state index contributed by atoms with van der Waals surface area (Å²) in [6.45, 7) is 0. The molecule has 4 aromatic rings. The molecule has 12 nitrogen and oxygen atoms in total. The first-order valence-corrected chi connectivity index (χ1v) is 12.8. The SMILES string of the molecule is COc1cc(NS(=O)(=O)c2ccc(NC(=O)CSc3nc4ccccc4c(=O)[nH]3)cc2)nc(OC)n1. The summed E-state index contributed by atoms with van der Waals surface area (Å²) in [5.74, 6) is -0.281. The maximum Gasteiger partial charge on any atom is 0.321 e. The summed E-state index contributed by atoms with van der Waals surface area (Å²) in [5, 5.41) is 3.46. The fourth-order valence-electron chi connectivity index (χ4n) is 3.03. The van der Waals surface area contributed by atoms with Crippen LogP contribution in [-0.4, -0.2) is 54.2 Å². The van der Waals surface area contributed by atoms with Crippen LogP contribution in [0, 0.1) is 0 Å². The van der Waals surface area contributed by atoms with Crippen LogP contribution >= 0.6 is 11.8 Å². The molecule has 2 heterocycles. The van der Waals surface area contributed by atoms with Gasteiger partial charge in [-0.15, -0.1) is 0 Å². The molecule has 0 radical (unpaired) electrons. The van der Waals surface area contributed by atoms with Crippen LogP contribution in [0.3, 0.4) is 0 Å². The number of thioether (sulfide) groups is 1. The van der Waals surface area contributed by atoms with Crippen molar-refractivity contribution in [2.75, 3.05) is 30.0 Å². The second kappa shape index (κ2) is 10.6. The quantitative estimate of drug-likeness (QED) is 0.217. The predicted molar refractivity (Wildman–Crippen MR) is 134 cm³/mol. The lowest BCUT2D eigenvalue weighted by molar-refractivity contribution is -0.113. The van der Waals surface area contributed by atoms with Crippen molar-refractivity contribution in [2.45, 2.75) is 10.1 Å². The average Bonchev–Trinajstić information content (AvgIpc) is 2.87. The van der Waals surface area contributed by atoms with Crippen molar-refractivity contribution < 1.29 is 22.7 Å². The normalized spacial score (nSPS) is 11.2. The number of hydrogen-bond donors (Lipinski definition) is 3. The maximum absolute atomic E-state index is 12.7. The van der Waals surface area contributed by atoms with Crippen molar-refractivity contribution in [2.24, 2.45) is 0 Å². The van der Waals surface area contributed by atoms with Crippen LogP contribution in [0.2, 0.25) is 0 Å². The largest absolute Gasteiger partial charge is 0.481 e. The van der Waals surface area contributed by atoms with E-state index in [1.54, 1.807) is 24.3 Å². The van der Waals surface area contributed by atoms with Gasteiger partial charge in [0.1, 0.15) is 0 Å². The Kier molecular flexibility index (Phi) is 7.36. The Hall–Kier alpha value is -4.17. The van der Waals surface area contributed by atoms with Crippen molar-refractivity contribution in [1.82, 2.24) is 19.9 Å². The van der Waals surface area contributed by atoms with E-state index < -0.39 is 10.0 Å². The zero-order chi connectivity index (χ0) is 25.7. The molecule has 3 N–H and O–H groups in total. The van der Waals surface area contributed by atoms with Gasteiger partial charge in [0.15, 0.2) is 11.0 Å². The van der Waals surface area contributed by atoms with Gasteiger partial charge in [0, 0.05) is 11.8 Å². The Morgan fingerprint density at radius 3 is 2.50 bits per heavy atom. The number of anilines is 2. The monoisotopic (exact) mass is 528 g/mol. The number of sulfonamides is 1. The van der Waals surface area contributed by atoms with E-state index in [2.05, 4.69) is 30.0 Å². The predicted octanol–water partition coefficient (Wildman–Crippen LogP) is 2.26. The van der Waals surface area contributed by atoms with Gasteiger partial charge < -0.3 is 19.8 Å². The summed E-state index contributed by atoms with van der Waals surface area (Å²) < 4.78 is 37.8. The second-order valence-corrected chi connectivity index (χ2v) is 9.78. The number of aromatic amines is 1. The van der Waals surface area contributed by atoms with E-state index in [1.165, 1.54) is 44.6 Å². The zero-order valence-corrected chi connectivity index (χ0v) is 20.6. The second-order valence-electron chi connectivity index (χ2n) is 7.14. The summed E-state index contributed by atoms with van der Waals surface area (Å²) in [6, 6.07) is 13.7. The summed E-state index contributed by atoms with van der Waals surface area (Å²) in [6.07, 6.45) is 0. The Balaban J connectivity index is 1.39. The standard InChI is InChI=1S/C22H20N6O6S2/c1-33-19-11-17(25-21(26-19)34-2)28-36(31,32)14-9-7-13(8-10-14)23-18(29)12-35-22-24-16-6-4-3-5-15(16)20(30)27-22/h3-11H,12H2,1-2H3,(H,23,29)(H,24,27,30)(H,25,26,28). The molecule has 0 aliphatic rings. The number of para-hydroxylation sites is 1. The summed E-state index contributed by atoms with van der Waals surface area (Å²) in [4.78, 5) is 39.3. The molecule has 14 heteroatoms. The molecule has 186 valence electrons. The lowest BCUT2D eigenvalue weighted by Gasteiger charge is -2.10. The van der Waals surface area contributed by atoms with Crippen LogP contribution in [0.1, 0.15) is 0 Å². The number of hydrogen-bond acceptors (Lipinski definition) is 10. The van der Waals surface area contributed by atoms with Crippen molar-refractivity contribution in [3.63, 3.8) is 0 Å². The summed E-state index contributed by atoms with van der Waals surface area (Å²) >= 11 is 1.07. The van der Waals surface area contributed by atoms with E-state index in [4.69, 9.17) is 9.47 Å². The van der Waals surface area contributed by atoms with Crippen molar-refractivity contribution >= 4 is 50.1 Å². The highest BCUT2D eigenvalue weighted by Crippen LogP contribution is 2.22. The van der Waals surface area contributed by atoms with E-state index in [-0.39, 0.29) is 39.8 Å². The number of methoxy groups -OCH3 is 2.